The average Bonchev–Trinajstić information content (AvgIpc) is 2.93. The molecule has 2 heterocycles. The molecule has 1 aromatic carbocycles. The minimum atomic E-state index is -0.800. The molecule has 1 saturated carbocycles. The molecular weight excluding hydrogens is 328 g/mol. The summed E-state index contributed by atoms with van der Waals surface area (Å²) >= 11 is 0. The predicted molar refractivity (Wildman–Crippen MR) is 92.2 cm³/mol. The first-order chi connectivity index (χ1) is 11.1. The maximum Gasteiger partial charge on any atom is 0.308 e. The second kappa shape index (κ2) is 6.37. The van der Waals surface area contributed by atoms with E-state index >= 15 is 0 Å². The third-order valence-corrected chi connectivity index (χ3v) is 5.91. The number of aliphatic carboxylic acids is 1. The lowest BCUT2D eigenvalue weighted by atomic mass is 9.86. The highest BCUT2D eigenvalue weighted by atomic mass is 35.5. The lowest BCUT2D eigenvalue weighted by molar-refractivity contribution is -0.142. The number of carboxylic acids is 1. The summed E-state index contributed by atoms with van der Waals surface area (Å²) in [5, 5.41) is 12.9. The average molecular weight is 351 g/mol. The summed E-state index contributed by atoms with van der Waals surface area (Å²) in [5.74, 6) is -0.158. The number of amides is 1. The second-order valence-electron chi connectivity index (χ2n) is 7.16. The third-order valence-electron chi connectivity index (χ3n) is 5.91. The van der Waals surface area contributed by atoms with Gasteiger partial charge in [-0.05, 0) is 43.0 Å². The molecule has 5 atom stereocenters. The minimum absolute atomic E-state index is 0. The Labute approximate surface area is 147 Å². The fourth-order valence-electron chi connectivity index (χ4n) is 4.55. The van der Waals surface area contributed by atoms with E-state index in [1.54, 1.807) is 4.90 Å². The fourth-order valence-corrected chi connectivity index (χ4v) is 4.55. The predicted octanol–water partition coefficient (Wildman–Crippen LogP) is 1.51. The molecule has 0 bridgehead atoms. The molecule has 0 radical (unpaired) electrons. The first-order valence-electron chi connectivity index (χ1n) is 8.35. The number of benzene rings is 1. The van der Waals surface area contributed by atoms with Gasteiger partial charge in [0.2, 0.25) is 5.91 Å². The van der Waals surface area contributed by atoms with Gasteiger partial charge in [-0.3, -0.25) is 9.59 Å². The van der Waals surface area contributed by atoms with Crippen LogP contribution in [-0.2, 0) is 9.59 Å². The van der Waals surface area contributed by atoms with E-state index in [1.165, 1.54) is 0 Å². The number of fused-ring (bicyclic) bond motifs is 1. The first kappa shape index (κ1) is 17.2. The Morgan fingerprint density at radius 2 is 1.83 bits per heavy atom. The van der Waals surface area contributed by atoms with Crippen LogP contribution in [0.25, 0.3) is 0 Å². The molecule has 24 heavy (non-hydrogen) atoms. The van der Waals surface area contributed by atoms with Gasteiger partial charge in [-0.15, -0.1) is 12.4 Å². The van der Waals surface area contributed by atoms with Gasteiger partial charge in [-0.25, -0.2) is 0 Å². The Bertz CT molecular complexity index is 655. The van der Waals surface area contributed by atoms with E-state index in [1.807, 2.05) is 31.2 Å². The van der Waals surface area contributed by atoms with Crippen molar-refractivity contribution in [3.8, 4) is 0 Å². The third kappa shape index (κ3) is 2.70. The van der Waals surface area contributed by atoms with Crippen molar-refractivity contribution in [2.45, 2.75) is 12.8 Å². The Morgan fingerprint density at radius 3 is 2.46 bits per heavy atom. The highest BCUT2D eigenvalue weighted by Crippen LogP contribution is 2.50. The molecule has 2 N–H and O–H groups in total. The second-order valence-corrected chi connectivity index (χ2v) is 7.16. The highest BCUT2D eigenvalue weighted by Gasteiger charge is 2.59. The molecule has 1 aromatic rings. The summed E-state index contributed by atoms with van der Waals surface area (Å²) in [5.41, 5.74) is 2.17. The number of nitrogens with zero attached hydrogens (tertiary/aromatic N) is 1. The van der Waals surface area contributed by atoms with Gasteiger partial charge in [-0.2, -0.15) is 0 Å². The van der Waals surface area contributed by atoms with Gasteiger partial charge in [0.1, 0.15) is 0 Å². The zero-order chi connectivity index (χ0) is 16.1. The van der Waals surface area contributed by atoms with Crippen LogP contribution in [0.1, 0.15) is 17.0 Å². The summed E-state index contributed by atoms with van der Waals surface area (Å²) < 4.78 is 0. The molecule has 3 fully saturated rings. The quantitative estimate of drug-likeness (QED) is 0.867. The number of carbonyl (C=O) groups excluding carboxylic acids is 1. The molecular formula is C18H23ClN2O3. The van der Waals surface area contributed by atoms with E-state index in [2.05, 4.69) is 5.32 Å². The Hall–Kier alpha value is -1.59. The van der Waals surface area contributed by atoms with Crippen LogP contribution in [0, 0.1) is 30.6 Å². The van der Waals surface area contributed by atoms with Crippen molar-refractivity contribution in [2.75, 3.05) is 26.2 Å². The highest BCUT2D eigenvalue weighted by molar-refractivity contribution is 5.85. The zero-order valence-electron chi connectivity index (χ0n) is 13.6. The number of hydrogen-bond donors (Lipinski definition) is 2. The Balaban J connectivity index is 0.00000169. The number of piperidine rings is 1. The van der Waals surface area contributed by atoms with Crippen LogP contribution >= 0.6 is 12.4 Å². The van der Waals surface area contributed by atoms with Crippen LogP contribution in [0.3, 0.4) is 0 Å². The number of carbonyl (C=O) groups is 2. The largest absolute Gasteiger partial charge is 0.481 e. The number of likely N-dealkylation sites (tertiary alicyclic amines) is 1. The van der Waals surface area contributed by atoms with E-state index in [-0.39, 0.29) is 30.2 Å². The molecule has 0 aromatic heterocycles. The number of nitrogens with one attached hydrogen (secondary N) is 1. The lowest BCUT2D eigenvalue weighted by Gasteiger charge is -2.18. The standard InChI is InChI=1S/C18H22N2O3.ClH/c1-10-4-2-3-5-11(10)14-8-20(9-15(14)18(22)23)17(21)16-12-6-19-7-13(12)16;/h2-5,12-16,19H,6-9H2,1H3,(H,22,23);1H/t12-,13+,14-,15+,16?;/m0./s1. The molecule has 5 nitrogen and oxygen atoms in total. The Kier molecular flexibility index (Phi) is 4.58. The first-order valence-corrected chi connectivity index (χ1v) is 8.35. The summed E-state index contributed by atoms with van der Waals surface area (Å²) in [6, 6.07) is 7.92. The summed E-state index contributed by atoms with van der Waals surface area (Å²) in [6.45, 7) is 4.74. The van der Waals surface area contributed by atoms with Gasteiger partial charge in [-0.1, -0.05) is 24.3 Å². The van der Waals surface area contributed by atoms with Crippen LogP contribution in [0.15, 0.2) is 24.3 Å². The molecule has 3 aliphatic rings. The molecule has 2 aliphatic heterocycles. The summed E-state index contributed by atoms with van der Waals surface area (Å²) in [7, 11) is 0. The minimum Gasteiger partial charge on any atom is -0.481 e. The fraction of sp³-hybridized carbons (Fsp3) is 0.556. The number of carboxylic acid groups (broad SMARTS) is 1. The maximum absolute atomic E-state index is 12.8. The summed E-state index contributed by atoms with van der Waals surface area (Å²) in [6.07, 6.45) is 0. The number of rotatable bonds is 3. The van der Waals surface area contributed by atoms with Gasteiger partial charge < -0.3 is 15.3 Å². The van der Waals surface area contributed by atoms with E-state index in [9.17, 15) is 14.7 Å². The topological polar surface area (TPSA) is 69.6 Å². The van der Waals surface area contributed by atoms with Crippen molar-refractivity contribution in [3.05, 3.63) is 35.4 Å². The molecule has 0 spiro atoms. The van der Waals surface area contributed by atoms with E-state index in [4.69, 9.17) is 0 Å². The number of halogens is 1. The maximum atomic E-state index is 12.8. The van der Waals surface area contributed by atoms with E-state index in [0.717, 1.165) is 24.2 Å². The molecule has 1 unspecified atom stereocenters. The molecule has 6 heteroatoms. The van der Waals surface area contributed by atoms with Crippen LogP contribution in [-0.4, -0.2) is 48.1 Å². The normalized spacial score (nSPS) is 33.7. The summed E-state index contributed by atoms with van der Waals surface area (Å²) in [4.78, 5) is 26.3. The van der Waals surface area contributed by atoms with Crippen molar-refractivity contribution in [1.82, 2.24) is 10.2 Å². The van der Waals surface area contributed by atoms with Gasteiger partial charge >= 0.3 is 5.97 Å². The van der Waals surface area contributed by atoms with Crippen molar-refractivity contribution < 1.29 is 14.7 Å². The molecule has 1 amide bonds. The van der Waals surface area contributed by atoms with Gasteiger partial charge in [0, 0.05) is 24.9 Å². The van der Waals surface area contributed by atoms with Gasteiger partial charge in [0.05, 0.1) is 5.92 Å². The molecule has 2 saturated heterocycles. The lowest BCUT2D eigenvalue weighted by Crippen LogP contribution is -2.34. The number of aryl methyl sites for hydroxylation is 1. The van der Waals surface area contributed by atoms with Crippen LogP contribution in [0.2, 0.25) is 0 Å². The monoisotopic (exact) mass is 350 g/mol. The van der Waals surface area contributed by atoms with Crippen LogP contribution in [0.4, 0.5) is 0 Å². The smallest absolute Gasteiger partial charge is 0.308 e. The van der Waals surface area contributed by atoms with E-state index < -0.39 is 11.9 Å². The van der Waals surface area contributed by atoms with Crippen molar-refractivity contribution >= 4 is 24.3 Å². The van der Waals surface area contributed by atoms with Crippen molar-refractivity contribution in [2.24, 2.45) is 23.7 Å². The van der Waals surface area contributed by atoms with Crippen molar-refractivity contribution in [1.29, 1.82) is 0 Å². The van der Waals surface area contributed by atoms with Gasteiger partial charge in [0.15, 0.2) is 0 Å². The van der Waals surface area contributed by atoms with E-state index in [0.29, 0.717) is 24.9 Å². The van der Waals surface area contributed by atoms with Crippen LogP contribution in [0.5, 0.6) is 0 Å². The molecule has 4 rings (SSSR count). The number of hydrogen-bond acceptors (Lipinski definition) is 3. The van der Waals surface area contributed by atoms with Crippen LogP contribution < -0.4 is 5.32 Å². The van der Waals surface area contributed by atoms with Gasteiger partial charge in [0.25, 0.3) is 0 Å². The van der Waals surface area contributed by atoms with Crippen molar-refractivity contribution in [3.63, 3.8) is 0 Å². The Morgan fingerprint density at radius 1 is 1.17 bits per heavy atom. The molecule has 1 aliphatic carbocycles. The molecule has 130 valence electrons. The SMILES string of the molecule is Cc1ccccc1[C@@H]1CN(C(=O)C2[C@H]3CNC[C@@H]23)C[C@H]1C(=O)O.Cl. The zero-order valence-corrected chi connectivity index (χ0v) is 14.5.